The van der Waals surface area contributed by atoms with Crippen LogP contribution in [0.25, 0.3) is 28.3 Å². The molecule has 4 heteroatoms. The number of aryl methyl sites for hydroxylation is 2. The molecule has 0 spiro atoms. The van der Waals surface area contributed by atoms with Gasteiger partial charge in [0, 0.05) is 0 Å². The van der Waals surface area contributed by atoms with Gasteiger partial charge in [-0.05, 0) is 0 Å². The Hall–Kier alpha value is -1.70. The second kappa shape index (κ2) is 9.45. The van der Waals surface area contributed by atoms with Gasteiger partial charge < -0.3 is 0 Å². The van der Waals surface area contributed by atoms with Crippen molar-refractivity contribution in [3.63, 3.8) is 0 Å². The van der Waals surface area contributed by atoms with Crippen molar-refractivity contribution in [3.8, 4) is 22.3 Å². The summed E-state index contributed by atoms with van der Waals surface area (Å²) >= 11 is -3.92. The molecule has 1 aliphatic carbocycles. The van der Waals surface area contributed by atoms with E-state index >= 15 is 0 Å². The molecule has 4 aromatic rings. The van der Waals surface area contributed by atoms with Gasteiger partial charge in [0.05, 0.1) is 0 Å². The molecule has 0 fully saturated rings. The normalized spacial score (nSPS) is 16.8. The Labute approximate surface area is 241 Å². The Kier molecular flexibility index (Phi) is 6.59. The van der Waals surface area contributed by atoms with Crippen molar-refractivity contribution >= 4 is 46.3 Å². The van der Waals surface area contributed by atoms with Crippen molar-refractivity contribution in [1.82, 2.24) is 0 Å². The Morgan fingerprint density at radius 1 is 0.789 bits per heavy atom. The monoisotopic (exact) mass is 630 g/mol. The van der Waals surface area contributed by atoms with Crippen LogP contribution in [-0.2, 0) is 23.3 Å². The number of halogens is 2. The molecule has 6 rings (SSSR count). The van der Waals surface area contributed by atoms with Gasteiger partial charge in [-0.1, -0.05) is 0 Å². The number of rotatable bonds is 3. The Morgan fingerprint density at radius 3 is 2.18 bits per heavy atom. The standard InChI is InChI=1S/C22H25.C12H9Si.2ClH.Zr/c1-14-9-15(2)12-18(11-14)21-19-13-16(3)10-17(19)7-8-20(21)22(4,5)6;1-3-7-11-9(5-1)10-6-2-4-8-12(10)13-11;;;/h7-13H,1-6H3;1-7H,13H2;2*1H;/q;;;;+2/p-2. The quantitative estimate of drug-likeness (QED) is 0.180. The average Bonchev–Trinajstić information content (AvgIpc) is 3.39. The van der Waals surface area contributed by atoms with E-state index in [4.69, 9.17) is 17.0 Å². The van der Waals surface area contributed by atoms with Gasteiger partial charge in [-0.25, -0.2) is 0 Å². The third kappa shape index (κ3) is 4.28. The van der Waals surface area contributed by atoms with Gasteiger partial charge in [0.1, 0.15) is 0 Å². The summed E-state index contributed by atoms with van der Waals surface area (Å²) in [6.07, 6.45) is 2.40. The summed E-state index contributed by atoms with van der Waals surface area (Å²) in [4.78, 5) is 0. The van der Waals surface area contributed by atoms with Crippen molar-refractivity contribution in [2.75, 3.05) is 0 Å². The summed E-state index contributed by atoms with van der Waals surface area (Å²) in [7, 11) is 14.9. The molecule has 0 bridgehead atoms. The predicted molar refractivity (Wildman–Crippen MR) is 167 cm³/mol. The summed E-state index contributed by atoms with van der Waals surface area (Å²) in [6.45, 7) is 13.6. The summed E-state index contributed by atoms with van der Waals surface area (Å²) in [6, 6.07) is 27.2. The van der Waals surface area contributed by atoms with Crippen LogP contribution in [0, 0.1) is 13.8 Å². The minimum absolute atomic E-state index is 0.0156. The Balaban J connectivity index is 1.54. The second-order valence-electron chi connectivity index (χ2n) is 12.2. The predicted octanol–water partition coefficient (Wildman–Crippen LogP) is 7.61. The van der Waals surface area contributed by atoms with Crippen LogP contribution >= 0.6 is 17.0 Å². The van der Waals surface area contributed by atoms with Gasteiger partial charge in [0.25, 0.3) is 0 Å². The maximum atomic E-state index is 7.75. The zero-order valence-corrected chi connectivity index (χ0v) is 28.4. The fourth-order valence-electron chi connectivity index (χ4n) is 6.76. The van der Waals surface area contributed by atoms with Gasteiger partial charge in [-0.15, -0.1) is 0 Å². The van der Waals surface area contributed by atoms with Crippen molar-refractivity contribution < 1.29 is 17.9 Å². The van der Waals surface area contributed by atoms with E-state index in [-0.39, 0.29) is 9.04 Å². The zero-order valence-electron chi connectivity index (χ0n) is 23.0. The van der Waals surface area contributed by atoms with Crippen LogP contribution in [0.5, 0.6) is 0 Å². The molecule has 192 valence electrons. The molecule has 1 atom stereocenters. The molecule has 0 saturated heterocycles. The van der Waals surface area contributed by atoms with Gasteiger partial charge in [0.15, 0.2) is 0 Å². The number of hydrogen-bond donors (Lipinski definition) is 0. The molecule has 0 nitrogen and oxygen atoms in total. The van der Waals surface area contributed by atoms with E-state index in [0.29, 0.717) is 0 Å². The van der Waals surface area contributed by atoms with Crippen LogP contribution < -0.4 is 13.6 Å². The van der Waals surface area contributed by atoms with E-state index in [0.717, 1.165) is 0 Å². The first kappa shape index (κ1) is 26.5. The number of allylic oxidation sites excluding steroid dienone is 1. The van der Waals surface area contributed by atoms with Crippen molar-refractivity contribution in [1.29, 1.82) is 0 Å². The number of hydrogen-bond acceptors (Lipinski definition) is 0. The first-order valence-corrected chi connectivity index (χ1v) is 23.9. The van der Waals surface area contributed by atoms with E-state index in [9.17, 15) is 0 Å². The van der Waals surface area contributed by atoms with Crippen LogP contribution in [0.1, 0.15) is 59.1 Å². The molecule has 0 radical (unpaired) electrons. The van der Waals surface area contributed by atoms with Crippen LogP contribution in [-0.4, -0.2) is 9.52 Å². The topological polar surface area (TPSA) is 0 Å². The van der Waals surface area contributed by atoms with Crippen LogP contribution in [0.15, 0.2) is 78.4 Å². The zero-order chi connectivity index (χ0) is 27.0. The van der Waals surface area contributed by atoms with E-state index in [1.165, 1.54) is 69.3 Å². The summed E-state index contributed by atoms with van der Waals surface area (Å²) in [5.41, 5.74) is 13.3. The molecular weight excluding hydrogens is 599 g/mol. The molecule has 0 aromatic heterocycles. The van der Waals surface area contributed by atoms with E-state index in [1.807, 2.05) is 0 Å². The van der Waals surface area contributed by atoms with Gasteiger partial charge in [-0.2, -0.15) is 0 Å². The van der Waals surface area contributed by atoms with E-state index in [2.05, 4.69) is 120 Å². The van der Waals surface area contributed by atoms with Gasteiger partial charge >= 0.3 is 243 Å². The van der Waals surface area contributed by atoms with Crippen molar-refractivity contribution in [2.24, 2.45) is 0 Å². The summed E-state index contributed by atoms with van der Waals surface area (Å²) in [5.74, 6) is 0. The SMILES string of the molecule is CC1=Cc2c(ccc(C(C)(C)C)c2-c2cc(C)cc(C)c2)[CH]1[Zr]([Cl])([Cl])[c]1cccc2c1[SiH2]c1ccccc1-2. The average molecular weight is 633 g/mol. The molecule has 1 heterocycles. The van der Waals surface area contributed by atoms with E-state index in [1.54, 1.807) is 0 Å². The third-order valence-corrected chi connectivity index (χ3v) is 22.9. The minimum atomic E-state index is -3.92. The van der Waals surface area contributed by atoms with Crippen molar-refractivity contribution in [2.45, 2.75) is 50.6 Å². The van der Waals surface area contributed by atoms with Crippen LogP contribution in [0.4, 0.5) is 0 Å². The molecule has 1 aliphatic heterocycles. The Bertz CT molecular complexity index is 1620. The number of benzene rings is 4. The number of fused-ring (bicyclic) bond motifs is 4. The summed E-state index contributed by atoms with van der Waals surface area (Å²) < 4.78 is 1.40. The molecule has 38 heavy (non-hydrogen) atoms. The van der Waals surface area contributed by atoms with E-state index < -0.39 is 27.4 Å². The molecule has 2 aliphatic rings. The van der Waals surface area contributed by atoms with Crippen LogP contribution in [0.2, 0.25) is 0 Å². The molecule has 0 saturated carbocycles. The first-order chi connectivity index (χ1) is 18.0. The Morgan fingerprint density at radius 2 is 1.47 bits per heavy atom. The molecular formula is C34H34Cl2SiZr. The maximum absolute atomic E-state index is 7.75. The first-order valence-electron chi connectivity index (χ1n) is 13.5. The fraction of sp³-hybridized carbons (Fsp3) is 0.235. The molecule has 0 amide bonds. The third-order valence-electron chi connectivity index (χ3n) is 8.31. The molecule has 4 aromatic carbocycles. The molecule has 1 unspecified atom stereocenters. The van der Waals surface area contributed by atoms with Gasteiger partial charge in [-0.3, -0.25) is 0 Å². The summed E-state index contributed by atoms with van der Waals surface area (Å²) in [5, 5.41) is 2.99. The van der Waals surface area contributed by atoms with Crippen molar-refractivity contribution in [3.05, 3.63) is 106 Å². The van der Waals surface area contributed by atoms with Crippen LogP contribution in [0.3, 0.4) is 0 Å². The second-order valence-corrected chi connectivity index (χ2v) is 28.1. The van der Waals surface area contributed by atoms with Gasteiger partial charge in [0.2, 0.25) is 0 Å². The fourth-order valence-corrected chi connectivity index (χ4v) is 23.9. The molecule has 0 N–H and O–H groups in total.